The molecule has 0 spiro atoms. The molecule has 0 aliphatic heterocycles. The van der Waals surface area contributed by atoms with E-state index in [-0.39, 0.29) is 11.0 Å². The molecule has 3 rings (SSSR count). The van der Waals surface area contributed by atoms with Gasteiger partial charge in [0.25, 0.3) is 5.56 Å². The number of thioether (sulfide) groups is 1. The van der Waals surface area contributed by atoms with Gasteiger partial charge >= 0.3 is 0 Å². The minimum Gasteiger partial charge on any atom is -0.306 e. The van der Waals surface area contributed by atoms with Crippen LogP contribution in [0.5, 0.6) is 0 Å². The van der Waals surface area contributed by atoms with E-state index in [1.807, 2.05) is 12.3 Å². The number of pyridine rings is 1. The fourth-order valence-corrected chi connectivity index (χ4v) is 2.67. The van der Waals surface area contributed by atoms with Crippen LogP contribution in [-0.4, -0.2) is 21.2 Å². The van der Waals surface area contributed by atoms with Gasteiger partial charge in [-0.05, 0) is 30.6 Å². The Hall–Kier alpha value is -1.07. The summed E-state index contributed by atoms with van der Waals surface area (Å²) in [5.74, 6) is 0. The van der Waals surface area contributed by atoms with Crippen molar-refractivity contribution in [3.05, 3.63) is 27.1 Å². The predicted molar refractivity (Wildman–Crippen MR) is 73.5 cm³/mol. The van der Waals surface area contributed by atoms with E-state index in [2.05, 4.69) is 21.9 Å². The zero-order chi connectivity index (χ0) is 12.9. The summed E-state index contributed by atoms with van der Waals surface area (Å²) in [5, 5.41) is 1.68. The van der Waals surface area contributed by atoms with Crippen LogP contribution < -0.4 is 5.56 Å². The Bertz CT molecular complexity index is 694. The van der Waals surface area contributed by atoms with Gasteiger partial charge in [0, 0.05) is 5.56 Å². The number of nitrogens with one attached hydrogen (secondary N) is 1. The van der Waals surface area contributed by atoms with Crippen LogP contribution in [0, 0.1) is 0 Å². The van der Waals surface area contributed by atoms with Gasteiger partial charge in [0.2, 0.25) is 0 Å². The Morgan fingerprint density at radius 1 is 1.44 bits per heavy atom. The van der Waals surface area contributed by atoms with Gasteiger partial charge in [-0.3, -0.25) is 4.79 Å². The van der Waals surface area contributed by atoms with Crippen molar-refractivity contribution in [2.45, 2.75) is 30.3 Å². The summed E-state index contributed by atoms with van der Waals surface area (Å²) < 4.78 is 0. The highest BCUT2D eigenvalue weighted by molar-refractivity contribution is 7.98. The van der Waals surface area contributed by atoms with E-state index in [9.17, 15) is 4.79 Å². The minimum atomic E-state index is -0.0654. The second-order valence-electron chi connectivity index (χ2n) is 4.84. The zero-order valence-corrected chi connectivity index (χ0v) is 11.7. The molecule has 0 aromatic carbocycles. The zero-order valence-electron chi connectivity index (χ0n) is 10.1. The summed E-state index contributed by atoms with van der Waals surface area (Å²) in [5.41, 5.74) is 1.24. The van der Waals surface area contributed by atoms with Gasteiger partial charge in [0.05, 0.1) is 5.39 Å². The third-order valence-electron chi connectivity index (χ3n) is 3.48. The van der Waals surface area contributed by atoms with Gasteiger partial charge in [-0.2, -0.15) is 0 Å². The topological polar surface area (TPSA) is 58.6 Å². The lowest BCUT2D eigenvalue weighted by atomic mass is 9.99. The van der Waals surface area contributed by atoms with E-state index in [1.54, 1.807) is 0 Å². The van der Waals surface area contributed by atoms with Crippen LogP contribution in [0.2, 0.25) is 5.15 Å². The van der Waals surface area contributed by atoms with E-state index in [0.29, 0.717) is 16.0 Å². The molecule has 4 nitrogen and oxygen atoms in total. The maximum absolute atomic E-state index is 12.1. The molecule has 0 amide bonds. The number of nitrogens with zero attached hydrogens (tertiary/aromatic N) is 2. The lowest BCUT2D eigenvalue weighted by Crippen LogP contribution is -2.19. The smallest absolute Gasteiger partial charge is 0.253 e. The highest BCUT2D eigenvalue weighted by atomic mass is 35.5. The van der Waals surface area contributed by atoms with Crippen molar-refractivity contribution < 1.29 is 0 Å². The molecule has 2 aromatic heterocycles. The number of hydrogen-bond donors (Lipinski definition) is 1. The molecule has 0 radical (unpaired) electrons. The minimum absolute atomic E-state index is 0.00325. The van der Waals surface area contributed by atoms with E-state index >= 15 is 0 Å². The standard InChI is InChI=1S/C12H12ClN3OS/c1-12(3-4-12)7-5-6-8(13)14-11(18-2)16-9(6)15-10(7)17/h5H,3-4H2,1-2H3,(H,14,15,16,17). The van der Waals surface area contributed by atoms with Gasteiger partial charge in [0.1, 0.15) is 10.8 Å². The van der Waals surface area contributed by atoms with Crippen LogP contribution in [-0.2, 0) is 5.41 Å². The third kappa shape index (κ3) is 1.82. The van der Waals surface area contributed by atoms with Crippen LogP contribution >= 0.6 is 23.4 Å². The maximum atomic E-state index is 12.1. The summed E-state index contributed by atoms with van der Waals surface area (Å²) in [7, 11) is 0. The number of hydrogen-bond acceptors (Lipinski definition) is 4. The van der Waals surface area contributed by atoms with Crippen LogP contribution in [0.4, 0.5) is 0 Å². The normalized spacial score (nSPS) is 17.1. The first-order valence-corrected chi connectivity index (χ1v) is 7.29. The van der Waals surface area contributed by atoms with Crippen molar-refractivity contribution in [1.82, 2.24) is 15.0 Å². The highest BCUT2D eigenvalue weighted by Gasteiger charge is 2.41. The van der Waals surface area contributed by atoms with Gasteiger partial charge in [0.15, 0.2) is 5.16 Å². The van der Waals surface area contributed by atoms with E-state index in [4.69, 9.17) is 11.6 Å². The molecule has 2 aromatic rings. The fraction of sp³-hybridized carbons (Fsp3) is 0.417. The highest BCUT2D eigenvalue weighted by Crippen LogP contribution is 2.46. The monoisotopic (exact) mass is 281 g/mol. The number of aromatic nitrogens is 3. The number of H-pyrrole nitrogens is 1. The predicted octanol–water partition coefficient (Wildman–Crippen LogP) is 2.74. The molecule has 1 saturated carbocycles. The first-order valence-electron chi connectivity index (χ1n) is 5.68. The maximum Gasteiger partial charge on any atom is 0.253 e. The molecule has 0 atom stereocenters. The molecule has 2 heterocycles. The quantitative estimate of drug-likeness (QED) is 0.522. The van der Waals surface area contributed by atoms with Gasteiger partial charge in [-0.15, -0.1) is 0 Å². The molecule has 6 heteroatoms. The third-order valence-corrected chi connectivity index (χ3v) is 4.31. The molecule has 18 heavy (non-hydrogen) atoms. The lowest BCUT2D eigenvalue weighted by molar-refractivity contribution is 0.772. The van der Waals surface area contributed by atoms with Crippen LogP contribution in [0.1, 0.15) is 25.3 Å². The second kappa shape index (κ2) is 3.96. The Balaban J connectivity index is 2.30. The molecule has 0 bridgehead atoms. The molecule has 1 aliphatic carbocycles. The SMILES string of the molecule is CSc1nc(Cl)c2cc(C3(C)CC3)c(=O)[nH]c2n1. The average molecular weight is 282 g/mol. The number of aromatic amines is 1. The number of rotatable bonds is 2. The molecule has 0 unspecified atom stereocenters. The molecule has 1 fully saturated rings. The summed E-state index contributed by atoms with van der Waals surface area (Å²) in [6.07, 6.45) is 3.96. The van der Waals surface area contributed by atoms with Gasteiger partial charge < -0.3 is 4.98 Å². The van der Waals surface area contributed by atoms with Crippen LogP contribution in [0.15, 0.2) is 16.0 Å². The Morgan fingerprint density at radius 3 is 2.78 bits per heavy atom. The molecule has 1 N–H and O–H groups in total. The van der Waals surface area contributed by atoms with Crippen LogP contribution in [0.3, 0.4) is 0 Å². The molecule has 94 valence electrons. The lowest BCUT2D eigenvalue weighted by Gasteiger charge is -2.09. The number of fused-ring (bicyclic) bond motifs is 1. The summed E-state index contributed by atoms with van der Waals surface area (Å²) in [4.78, 5) is 23.3. The van der Waals surface area contributed by atoms with E-state index in [1.165, 1.54) is 11.8 Å². The second-order valence-corrected chi connectivity index (χ2v) is 5.97. The summed E-state index contributed by atoms with van der Waals surface area (Å²) >= 11 is 7.55. The largest absolute Gasteiger partial charge is 0.306 e. The molecular weight excluding hydrogens is 270 g/mol. The first-order chi connectivity index (χ1) is 8.53. The van der Waals surface area contributed by atoms with Crippen molar-refractivity contribution in [2.24, 2.45) is 0 Å². The van der Waals surface area contributed by atoms with Crippen molar-refractivity contribution >= 4 is 34.4 Å². The van der Waals surface area contributed by atoms with Crippen molar-refractivity contribution in [2.75, 3.05) is 6.26 Å². The Labute approximate surface area is 113 Å². The van der Waals surface area contributed by atoms with E-state index < -0.39 is 0 Å². The molecule has 1 aliphatic rings. The fourth-order valence-electron chi connectivity index (χ4n) is 2.03. The molecule has 0 saturated heterocycles. The Morgan fingerprint density at radius 2 is 2.17 bits per heavy atom. The van der Waals surface area contributed by atoms with Crippen LogP contribution in [0.25, 0.3) is 11.0 Å². The summed E-state index contributed by atoms with van der Waals surface area (Å²) in [6.45, 7) is 2.09. The van der Waals surface area contributed by atoms with Crippen molar-refractivity contribution in [3.63, 3.8) is 0 Å². The van der Waals surface area contributed by atoms with Gasteiger partial charge in [-0.1, -0.05) is 30.3 Å². The number of halogens is 1. The van der Waals surface area contributed by atoms with Crippen molar-refractivity contribution in [3.8, 4) is 0 Å². The first kappa shape index (κ1) is 12.0. The Kier molecular flexibility index (Phi) is 2.64. The van der Waals surface area contributed by atoms with Crippen molar-refractivity contribution in [1.29, 1.82) is 0 Å². The summed E-state index contributed by atoms with van der Waals surface area (Å²) in [6, 6.07) is 1.84. The van der Waals surface area contributed by atoms with E-state index in [0.717, 1.165) is 23.8 Å². The van der Waals surface area contributed by atoms with Gasteiger partial charge in [-0.25, -0.2) is 9.97 Å². The average Bonchev–Trinajstić information content (AvgIpc) is 3.07. The molecular formula is C12H12ClN3OS.